The summed E-state index contributed by atoms with van der Waals surface area (Å²) in [6, 6.07) is 5.89. The number of benzene rings is 1. The van der Waals surface area contributed by atoms with Crippen molar-refractivity contribution in [2.24, 2.45) is 0 Å². The second-order valence-electron chi connectivity index (χ2n) is 4.23. The summed E-state index contributed by atoms with van der Waals surface area (Å²) in [6.07, 6.45) is 2.97. The van der Waals surface area contributed by atoms with Crippen molar-refractivity contribution < 1.29 is 4.79 Å². The molecule has 2 rings (SSSR count). The molecule has 0 bridgehead atoms. The Balaban J connectivity index is 2.06. The Morgan fingerprint density at radius 2 is 2.32 bits per heavy atom. The highest BCUT2D eigenvalue weighted by molar-refractivity contribution is 9.10. The van der Waals surface area contributed by atoms with Gasteiger partial charge in [-0.15, -0.1) is 0 Å². The van der Waals surface area contributed by atoms with Crippen molar-refractivity contribution >= 4 is 64.5 Å². The average molecular weight is 406 g/mol. The highest BCUT2D eigenvalue weighted by Gasteiger charge is 2.16. The van der Waals surface area contributed by atoms with E-state index in [9.17, 15) is 4.79 Å². The molecule has 1 aromatic heterocycles. The Hall–Kier alpha value is -0.460. The third-order valence-corrected chi connectivity index (χ3v) is 4.98. The predicted octanol–water partition coefficient (Wildman–Crippen LogP) is 4.95. The predicted molar refractivity (Wildman–Crippen MR) is 88.2 cm³/mol. The molecule has 0 radical (unpaired) electrons. The standard InChI is InChI=1S/C13H14Br2N2OS/c1-2-3-4-9(15)12(18)17-13-16-10-6-5-8(14)7-11(10)19-13/h5-7,9H,2-4H2,1H3,(H,16,17,18)/t9-/m0/s1. The molecule has 0 unspecified atom stereocenters. The quantitative estimate of drug-likeness (QED) is 0.715. The fraction of sp³-hybridized carbons (Fsp3) is 0.385. The van der Waals surface area contributed by atoms with E-state index in [4.69, 9.17) is 0 Å². The maximum atomic E-state index is 12.0. The van der Waals surface area contributed by atoms with E-state index in [1.54, 1.807) is 0 Å². The Morgan fingerprint density at radius 1 is 1.53 bits per heavy atom. The van der Waals surface area contributed by atoms with Crippen LogP contribution < -0.4 is 5.32 Å². The number of fused-ring (bicyclic) bond motifs is 1. The average Bonchev–Trinajstić information content (AvgIpc) is 2.77. The smallest absolute Gasteiger partial charge is 0.239 e. The summed E-state index contributed by atoms with van der Waals surface area (Å²) in [6.45, 7) is 2.11. The zero-order chi connectivity index (χ0) is 13.8. The molecule has 3 nitrogen and oxygen atoms in total. The van der Waals surface area contributed by atoms with Crippen LogP contribution in [-0.4, -0.2) is 15.7 Å². The molecule has 0 saturated heterocycles. The Labute approximate surface area is 133 Å². The van der Waals surface area contributed by atoms with E-state index in [0.717, 1.165) is 34.0 Å². The summed E-state index contributed by atoms with van der Waals surface area (Å²) in [5.41, 5.74) is 0.906. The van der Waals surface area contributed by atoms with Gasteiger partial charge in [-0.1, -0.05) is 63.0 Å². The van der Waals surface area contributed by atoms with Gasteiger partial charge < -0.3 is 5.32 Å². The van der Waals surface area contributed by atoms with Crippen molar-refractivity contribution in [1.82, 2.24) is 4.98 Å². The molecule has 19 heavy (non-hydrogen) atoms. The molecule has 1 atom stereocenters. The van der Waals surface area contributed by atoms with Gasteiger partial charge >= 0.3 is 0 Å². The molecule has 102 valence electrons. The zero-order valence-electron chi connectivity index (χ0n) is 10.5. The number of carbonyl (C=O) groups excluding carboxylic acids is 1. The first-order valence-corrected chi connectivity index (χ1v) is 8.63. The number of nitrogens with one attached hydrogen (secondary N) is 1. The lowest BCUT2D eigenvalue weighted by Gasteiger charge is -2.07. The molecule has 0 saturated carbocycles. The fourth-order valence-corrected chi connectivity index (χ4v) is 3.51. The van der Waals surface area contributed by atoms with Crippen LogP contribution in [0.2, 0.25) is 0 Å². The van der Waals surface area contributed by atoms with Gasteiger partial charge in [-0.3, -0.25) is 4.79 Å². The maximum absolute atomic E-state index is 12.0. The first-order valence-electron chi connectivity index (χ1n) is 6.11. The topological polar surface area (TPSA) is 42.0 Å². The number of hydrogen-bond donors (Lipinski definition) is 1. The SMILES string of the molecule is CCCC[C@H](Br)C(=O)Nc1nc2ccc(Br)cc2s1. The van der Waals surface area contributed by atoms with Gasteiger partial charge in [-0.2, -0.15) is 0 Å². The van der Waals surface area contributed by atoms with Crippen LogP contribution in [0.3, 0.4) is 0 Å². The van der Waals surface area contributed by atoms with Crippen LogP contribution in [0.5, 0.6) is 0 Å². The molecule has 0 aliphatic heterocycles. The molecule has 0 aliphatic carbocycles. The lowest BCUT2D eigenvalue weighted by molar-refractivity contribution is -0.115. The van der Waals surface area contributed by atoms with Gasteiger partial charge in [0.25, 0.3) is 0 Å². The monoisotopic (exact) mass is 404 g/mol. The Bertz CT molecular complexity index is 585. The number of hydrogen-bond acceptors (Lipinski definition) is 3. The minimum atomic E-state index is -0.147. The van der Waals surface area contributed by atoms with Crippen molar-refractivity contribution in [3.63, 3.8) is 0 Å². The van der Waals surface area contributed by atoms with E-state index in [1.807, 2.05) is 18.2 Å². The number of carbonyl (C=O) groups is 1. The van der Waals surface area contributed by atoms with Gasteiger partial charge in [0, 0.05) is 4.47 Å². The number of aromatic nitrogens is 1. The molecule has 0 spiro atoms. The first kappa shape index (κ1) is 14.9. The zero-order valence-corrected chi connectivity index (χ0v) is 14.4. The Morgan fingerprint density at radius 3 is 3.05 bits per heavy atom. The summed E-state index contributed by atoms with van der Waals surface area (Å²) in [7, 11) is 0. The molecule has 1 amide bonds. The fourth-order valence-electron chi connectivity index (χ4n) is 1.65. The van der Waals surface area contributed by atoms with E-state index in [-0.39, 0.29) is 10.7 Å². The number of anilines is 1. The van der Waals surface area contributed by atoms with Crippen LogP contribution in [0.25, 0.3) is 10.2 Å². The van der Waals surface area contributed by atoms with E-state index in [0.29, 0.717) is 5.13 Å². The lowest BCUT2D eigenvalue weighted by atomic mass is 10.2. The third-order valence-electron chi connectivity index (χ3n) is 2.68. The molecule has 0 aliphatic rings. The van der Waals surface area contributed by atoms with Crippen molar-refractivity contribution in [2.75, 3.05) is 5.32 Å². The van der Waals surface area contributed by atoms with Crippen LogP contribution in [0.15, 0.2) is 22.7 Å². The molecule has 6 heteroatoms. The van der Waals surface area contributed by atoms with Gasteiger partial charge in [-0.05, 0) is 24.6 Å². The molecule has 2 aromatic rings. The minimum Gasteiger partial charge on any atom is -0.301 e. The number of thiazole rings is 1. The number of rotatable bonds is 5. The Kier molecular flexibility index (Phi) is 5.36. The van der Waals surface area contributed by atoms with E-state index in [1.165, 1.54) is 11.3 Å². The molecular formula is C13H14Br2N2OS. The summed E-state index contributed by atoms with van der Waals surface area (Å²) in [4.78, 5) is 16.2. The van der Waals surface area contributed by atoms with Gasteiger partial charge in [0.05, 0.1) is 15.0 Å². The van der Waals surface area contributed by atoms with Gasteiger partial charge in [0.2, 0.25) is 5.91 Å². The minimum absolute atomic E-state index is 0.0217. The summed E-state index contributed by atoms with van der Waals surface area (Å²) < 4.78 is 2.08. The van der Waals surface area contributed by atoms with Crippen LogP contribution >= 0.6 is 43.2 Å². The van der Waals surface area contributed by atoms with Crippen LogP contribution in [0, 0.1) is 0 Å². The summed E-state index contributed by atoms with van der Waals surface area (Å²) in [5, 5.41) is 3.52. The molecule has 0 fully saturated rings. The van der Waals surface area contributed by atoms with Crippen LogP contribution in [0.1, 0.15) is 26.2 Å². The first-order chi connectivity index (χ1) is 9.10. The van der Waals surface area contributed by atoms with Gasteiger partial charge in [0.15, 0.2) is 5.13 Å². The highest BCUT2D eigenvalue weighted by atomic mass is 79.9. The van der Waals surface area contributed by atoms with Crippen molar-refractivity contribution in [3.8, 4) is 0 Å². The van der Waals surface area contributed by atoms with E-state index < -0.39 is 0 Å². The number of amides is 1. The van der Waals surface area contributed by atoms with E-state index >= 15 is 0 Å². The maximum Gasteiger partial charge on any atom is 0.239 e. The number of halogens is 2. The lowest BCUT2D eigenvalue weighted by Crippen LogP contribution is -2.22. The highest BCUT2D eigenvalue weighted by Crippen LogP contribution is 2.28. The third kappa shape index (κ3) is 4.00. The molecule has 1 aromatic carbocycles. The van der Waals surface area contributed by atoms with E-state index in [2.05, 4.69) is 49.1 Å². The number of unbranched alkanes of at least 4 members (excludes halogenated alkanes) is 1. The molecule has 1 N–H and O–H groups in total. The second-order valence-corrected chi connectivity index (χ2v) is 7.28. The normalized spacial score (nSPS) is 12.6. The molecular weight excluding hydrogens is 392 g/mol. The van der Waals surface area contributed by atoms with Crippen molar-refractivity contribution in [3.05, 3.63) is 22.7 Å². The number of nitrogens with zero attached hydrogens (tertiary/aromatic N) is 1. The van der Waals surface area contributed by atoms with Gasteiger partial charge in [0.1, 0.15) is 0 Å². The van der Waals surface area contributed by atoms with Gasteiger partial charge in [-0.25, -0.2) is 4.98 Å². The molecule has 1 heterocycles. The van der Waals surface area contributed by atoms with Crippen LogP contribution in [0.4, 0.5) is 5.13 Å². The number of alkyl halides is 1. The van der Waals surface area contributed by atoms with Crippen molar-refractivity contribution in [1.29, 1.82) is 0 Å². The second kappa shape index (κ2) is 6.81. The summed E-state index contributed by atoms with van der Waals surface area (Å²) in [5.74, 6) is -0.0217. The summed E-state index contributed by atoms with van der Waals surface area (Å²) >= 11 is 8.33. The van der Waals surface area contributed by atoms with Crippen molar-refractivity contribution in [2.45, 2.75) is 31.0 Å². The largest absolute Gasteiger partial charge is 0.301 e. The van der Waals surface area contributed by atoms with Crippen LogP contribution in [-0.2, 0) is 4.79 Å².